The summed E-state index contributed by atoms with van der Waals surface area (Å²) in [6, 6.07) is 13.8. The van der Waals surface area contributed by atoms with Crippen molar-refractivity contribution in [3.8, 4) is 0 Å². The minimum Gasteiger partial charge on any atom is -0.480 e. The van der Waals surface area contributed by atoms with Gasteiger partial charge in [-0.1, -0.05) is 56.3 Å². The number of alkyl carbamates (subject to hydrolysis) is 1. The average molecular weight is 413 g/mol. The van der Waals surface area contributed by atoms with Gasteiger partial charge in [0.05, 0.1) is 0 Å². The standard InChI is InChI=1S/C22H27N3O5/c1-14(2)19(25-22(29)30-13-16-6-4-3-5-7-16)20(26)24-18(21(27)28)12-15-8-10-17(23)11-9-15/h3-11,14,18-19H,12-13,23H2,1-2H3,(H,24,26)(H,25,29)(H,27,28)/t18-,19-/m0/s1. The molecule has 0 aliphatic rings. The molecule has 0 saturated carbocycles. The largest absolute Gasteiger partial charge is 0.480 e. The van der Waals surface area contributed by atoms with Gasteiger partial charge in [-0.25, -0.2) is 9.59 Å². The molecule has 0 aliphatic heterocycles. The van der Waals surface area contributed by atoms with Crippen LogP contribution in [-0.4, -0.2) is 35.2 Å². The maximum Gasteiger partial charge on any atom is 0.408 e. The molecule has 0 saturated heterocycles. The van der Waals surface area contributed by atoms with E-state index in [1.807, 2.05) is 30.3 Å². The number of rotatable bonds is 9. The Bertz CT molecular complexity index is 853. The molecule has 2 rings (SSSR count). The van der Waals surface area contributed by atoms with E-state index in [1.165, 1.54) is 0 Å². The fourth-order valence-electron chi connectivity index (χ4n) is 2.78. The van der Waals surface area contributed by atoms with Crippen LogP contribution in [0.2, 0.25) is 0 Å². The van der Waals surface area contributed by atoms with E-state index in [2.05, 4.69) is 10.6 Å². The van der Waals surface area contributed by atoms with Crippen LogP contribution in [0.1, 0.15) is 25.0 Å². The van der Waals surface area contributed by atoms with Gasteiger partial charge in [-0.3, -0.25) is 4.79 Å². The Balaban J connectivity index is 1.97. The highest BCUT2D eigenvalue weighted by Gasteiger charge is 2.29. The van der Waals surface area contributed by atoms with Gasteiger partial charge < -0.3 is 26.2 Å². The normalized spacial score (nSPS) is 12.6. The molecule has 2 aromatic rings. The maximum atomic E-state index is 12.7. The minimum absolute atomic E-state index is 0.0635. The number of carbonyl (C=O) groups excluding carboxylic acids is 2. The first-order chi connectivity index (χ1) is 14.3. The first-order valence-electron chi connectivity index (χ1n) is 9.61. The Morgan fingerprint density at radius 1 is 0.967 bits per heavy atom. The number of carboxylic acids is 1. The van der Waals surface area contributed by atoms with Crippen LogP contribution in [0.15, 0.2) is 54.6 Å². The minimum atomic E-state index is -1.17. The van der Waals surface area contributed by atoms with Crippen molar-refractivity contribution < 1.29 is 24.2 Å². The summed E-state index contributed by atoms with van der Waals surface area (Å²) in [4.78, 5) is 36.5. The highest BCUT2D eigenvalue weighted by atomic mass is 16.5. The molecule has 2 aromatic carbocycles. The number of carbonyl (C=O) groups is 3. The van der Waals surface area contributed by atoms with Crippen LogP contribution in [0.25, 0.3) is 0 Å². The second-order valence-corrected chi connectivity index (χ2v) is 7.27. The van der Waals surface area contributed by atoms with Gasteiger partial charge in [0, 0.05) is 12.1 Å². The van der Waals surface area contributed by atoms with Crippen molar-refractivity contribution >= 4 is 23.7 Å². The number of benzene rings is 2. The third-order valence-corrected chi connectivity index (χ3v) is 4.47. The number of nitrogens with two attached hydrogens (primary N) is 1. The van der Waals surface area contributed by atoms with Gasteiger partial charge >= 0.3 is 12.1 Å². The van der Waals surface area contributed by atoms with E-state index >= 15 is 0 Å². The first-order valence-corrected chi connectivity index (χ1v) is 9.61. The van der Waals surface area contributed by atoms with Crippen molar-refractivity contribution in [2.75, 3.05) is 5.73 Å². The smallest absolute Gasteiger partial charge is 0.408 e. The summed E-state index contributed by atoms with van der Waals surface area (Å²) < 4.78 is 5.16. The molecule has 0 heterocycles. The monoisotopic (exact) mass is 413 g/mol. The zero-order valence-electron chi connectivity index (χ0n) is 17.0. The number of carboxylic acid groups (broad SMARTS) is 1. The number of ether oxygens (including phenoxy) is 1. The summed E-state index contributed by atoms with van der Waals surface area (Å²) in [7, 11) is 0. The maximum absolute atomic E-state index is 12.7. The summed E-state index contributed by atoms with van der Waals surface area (Å²) in [5.41, 5.74) is 7.73. The molecule has 0 spiro atoms. The fourth-order valence-corrected chi connectivity index (χ4v) is 2.78. The second kappa shape index (κ2) is 10.8. The Labute approximate surface area is 175 Å². The van der Waals surface area contributed by atoms with Gasteiger partial charge in [0.25, 0.3) is 0 Å². The summed E-state index contributed by atoms with van der Waals surface area (Å²) in [5, 5.41) is 14.5. The number of amides is 2. The third-order valence-electron chi connectivity index (χ3n) is 4.47. The van der Waals surface area contributed by atoms with Crippen LogP contribution in [0.3, 0.4) is 0 Å². The first kappa shape index (κ1) is 22.7. The molecule has 2 atom stereocenters. The molecule has 0 aliphatic carbocycles. The number of hydrogen-bond acceptors (Lipinski definition) is 5. The summed E-state index contributed by atoms with van der Waals surface area (Å²) in [6.45, 7) is 3.56. The topological polar surface area (TPSA) is 131 Å². The van der Waals surface area contributed by atoms with E-state index in [9.17, 15) is 19.5 Å². The summed E-state index contributed by atoms with van der Waals surface area (Å²) >= 11 is 0. The van der Waals surface area contributed by atoms with Crippen molar-refractivity contribution in [2.45, 2.75) is 39.0 Å². The molecule has 8 nitrogen and oxygen atoms in total. The predicted octanol–water partition coefficient (Wildman–Crippen LogP) is 2.33. The van der Waals surface area contributed by atoms with Gasteiger partial charge in [-0.05, 0) is 29.2 Å². The lowest BCUT2D eigenvalue weighted by molar-refractivity contribution is -0.142. The zero-order valence-corrected chi connectivity index (χ0v) is 17.0. The quantitative estimate of drug-likeness (QED) is 0.467. The van der Waals surface area contributed by atoms with Crippen molar-refractivity contribution in [3.63, 3.8) is 0 Å². The summed E-state index contributed by atoms with van der Waals surface area (Å²) in [5.74, 6) is -2.04. The number of aliphatic carboxylic acids is 1. The Morgan fingerprint density at radius 2 is 1.60 bits per heavy atom. The Hall–Kier alpha value is -3.55. The molecular formula is C22H27N3O5. The second-order valence-electron chi connectivity index (χ2n) is 7.27. The Morgan fingerprint density at radius 3 is 2.17 bits per heavy atom. The Kier molecular flexibility index (Phi) is 8.22. The SMILES string of the molecule is CC(C)[C@H](NC(=O)OCc1ccccc1)C(=O)N[C@@H](Cc1ccc(N)cc1)C(=O)O. The zero-order chi connectivity index (χ0) is 22.1. The number of nitrogens with one attached hydrogen (secondary N) is 2. The highest BCUT2D eigenvalue weighted by Crippen LogP contribution is 2.10. The van der Waals surface area contributed by atoms with Crippen molar-refractivity contribution in [3.05, 3.63) is 65.7 Å². The molecule has 0 aromatic heterocycles. The van der Waals surface area contributed by atoms with E-state index in [0.29, 0.717) is 11.3 Å². The van der Waals surface area contributed by atoms with E-state index in [-0.39, 0.29) is 18.9 Å². The lowest BCUT2D eigenvalue weighted by Gasteiger charge is -2.24. The van der Waals surface area contributed by atoms with Crippen molar-refractivity contribution in [2.24, 2.45) is 5.92 Å². The van der Waals surface area contributed by atoms with Gasteiger partial charge in [-0.15, -0.1) is 0 Å². The van der Waals surface area contributed by atoms with Crippen LogP contribution in [0.5, 0.6) is 0 Å². The number of nitrogen functional groups attached to an aromatic ring is 1. The van der Waals surface area contributed by atoms with E-state index in [0.717, 1.165) is 5.56 Å². The fraction of sp³-hybridized carbons (Fsp3) is 0.318. The molecule has 0 unspecified atom stereocenters. The molecule has 30 heavy (non-hydrogen) atoms. The van der Waals surface area contributed by atoms with Gasteiger partial charge in [0.15, 0.2) is 0 Å². The number of hydrogen-bond donors (Lipinski definition) is 4. The lowest BCUT2D eigenvalue weighted by Crippen LogP contribution is -2.54. The van der Waals surface area contributed by atoms with Crippen LogP contribution >= 0.6 is 0 Å². The van der Waals surface area contributed by atoms with E-state index in [1.54, 1.807) is 38.1 Å². The van der Waals surface area contributed by atoms with Crippen molar-refractivity contribution in [1.82, 2.24) is 10.6 Å². The predicted molar refractivity (Wildman–Crippen MR) is 113 cm³/mol. The van der Waals surface area contributed by atoms with E-state index < -0.39 is 30.1 Å². The van der Waals surface area contributed by atoms with Gasteiger partial charge in [0.1, 0.15) is 18.7 Å². The molecule has 160 valence electrons. The summed E-state index contributed by atoms with van der Waals surface area (Å²) in [6.07, 6.45) is -0.664. The number of anilines is 1. The van der Waals surface area contributed by atoms with Crippen LogP contribution in [-0.2, 0) is 27.4 Å². The van der Waals surface area contributed by atoms with Crippen molar-refractivity contribution in [1.29, 1.82) is 0 Å². The molecule has 0 bridgehead atoms. The molecule has 0 radical (unpaired) electrons. The molecule has 0 fully saturated rings. The van der Waals surface area contributed by atoms with Crippen LogP contribution in [0, 0.1) is 5.92 Å². The van der Waals surface area contributed by atoms with Gasteiger partial charge in [-0.2, -0.15) is 0 Å². The molecule has 8 heteroatoms. The van der Waals surface area contributed by atoms with Crippen LogP contribution in [0.4, 0.5) is 10.5 Å². The molecular weight excluding hydrogens is 386 g/mol. The third kappa shape index (κ3) is 7.12. The molecule has 2 amide bonds. The van der Waals surface area contributed by atoms with E-state index in [4.69, 9.17) is 10.5 Å². The highest BCUT2D eigenvalue weighted by molar-refractivity contribution is 5.89. The lowest BCUT2D eigenvalue weighted by atomic mass is 10.0. The molecule has 5 N–H and O–H groups in total. The van der Waals surface area contributed by atoms with Crippen LogP contribution < -0.4 is 16.4 Å². The average Bonchev–Trinajstić information content (AvgIpc) is 2.71. The van der Waals surface area contributed by atoms with Gasteiger partial charge in [0.2, 0.25) is 5.91 Å².